The second-order valence-electron chi connectivity index (χ2n) is 5.17. The van der Waals surface area contributed by atoms with Crippen LogP contribution in [0, 0.1) is 5.92 Å². The van der Waals surface area contributed by atoms with Crippen molar-refractivity contribution in [3.63, 3.8) is 0 Å². The summed E-state index contributed by atoms with van der Waals surface area (Å²) in [6.45, 7) is 4.37. The first kappa shape index (κ1) is 14.7. The molecule has 1 aromatic rings. The van der Waals surface area contributed by atoms with E-state index in [0.29, 0.717) is 11.8 Å². The van der Waals surface area contributed by atoms with Gasteiger partial charge in [-0.3, -0.25) is 4.18 Å². The number of aromatic amines is 1. The minimum Gasteiger partial charge on any atom is -0.333 e. The molecule has 1 aliphatic rings. The van der Waals surface area contributed by atoms with E-state index in [2.05, 4.69) is 16.9 Å². The van der Waals surface area contributed by atoms with E-state index in [1.165, 1.54) is 32.1 Å². The summed E-state index contributed by atoms with van der Waals surface area (Å²) in [6.07, 6.45) is 8.61. The molecule has 19 heavy (non-hydrogen) atoms. The highest BCUT2D eigenvalue weighted by atomic mass is 32.2. The quantitative estimate of drug-likeness (QED) is 0.873. The van der Waals surface area contributed by atoms with Crippen LogP contribution in [-0.4, -0.2) is 20.8 Å². The third-order valence-corrected chi connectivity index (χ3v) is 4.74. The van der Waals surface area contributed by atoms with Gasteiger partial charge in [-0.05, 0) is 25.7 Å². The molecule has 0 spiro atoms. The zero-order valence-corrected chi connectivity index (χ0v) is 12.7. The Labute approximate surface area is 118 Å². The molecule has 0 radical (unpaired) electrons. The van der Waals surface area contributed by atoms with Crippen LogP contribution in [0.15, 0.2) is 5.16 Å². The van der Waals surface area contributed by atoms with Gasteiger partial charge in [-0.1, -0.05) is 39.0 Å². The molecule has 1 atom stereocenters. The Morgan fingerprint density at radius 2 is 2.05 bits per heavy atom. The molecular formula is C14H24N2O2S. The Morgan fingerprint density at radius 1 is 1.32 bits per heavy atom. The van der Waals surface area contributed by atoms with Crippen LogP contribution in [0.3, 0.4) is 0 Å². The van der Waals surface area contributed by atoms with Crippen LogP contribution in [0.4, 0.5) is 0 Å². The van der Waals surface area contributed by atoms with Gasteiger partial charge in [0.05, 0.1) is 12.3 Å². The van der Waals surface area contributed by atoms with Crippen molar-refractivity contribution < 1.29 is 8.39 Å². The number of H-pyrrole nitrogens is 1. The van der Waals surface area contributed by atoms with Crippen LogP contribution in [0.5, 0.6) is 0 Å². The van der Waals surface area contributed by atoms with Gasteiger partial charge < -0.3 is 4.98 Å². The van der Waals surface area contributed by atoms with Gasteiger partial charge in [0.2, 0.25) is 16.2 Å². The Hall–Kier alpha value is -0.680. The van der Waals surface area contributed by atoms with Gasteiger partial charge in [-0.25, -0.2) is 9.19 Å². The molecule has 0 aromatic carbocycles. The predicted molar refractivity (Wildman–Crippen MR) is 76.3 cm³/mol. The molecule has 0 amide bonds. The molecule has 5 heteroatoms. The van der Waals surface area contributed by atoms with Crippen molar-refractivity contribution in [2.45, 2.75) is 63.9 Å². The summed E-state index contributed by atoms with van der Waals surface area (Å²) in [5, 5.41) is 0.476. The molecule has 0 aliphatic heterocycles. The topological polar surface area (TPSA) is 55.0 Å². The molecule has 1 N–H and O–H groups in total. The Morgan fingerprint density at radius 3 is 2.68 bits per heavy atom. The van der Waals surface area contributed by atoms with Crippen LogP contribution in [0.25, 0.3) is 0 Å². The fourth-order valence-corrected chi connectivity index (χ4v) is 3.52. The first-order chi connectivity index (χ1) is 9.24. The molecule has 0 bridgehead atoms. The molecular weight excluding hydrogens is 260 g/mol. The minimum absolute atomic E-state index is 0.437. The van der Waals surface area contributed by atoms with E-state index in [4.69, 9.17) is 4.18 Å². The van der Waals surface area contributed by atoms with E-state index >= 15 is 0 Å². The van der Waals surface area contributed by atoms with Crippen molar-refractivity contribution in [1.82, 2.24) is 9.97 Å². The van der Waals surface area contributed by atoms with E-state index in [1.807, 2.05) is 6.92 Å². The molecule has 1 fully saturated rings. The van der Waals surface area contributed by atoms with Crippen molar-refractivity contribution in [3.05, 3.63) is 11.4 Å². The number of nitrogens with one attached hydrogen (secondary N) is 1. The minimum atomic E-state index is -1.45. The van der Waals surface area contributed by atoms with Crippen molar-refractivity contribution >= 4 is 11.1 Å². The van der Waals surface area contributed by atoms with Gasteiger partial charge >= 0.3 is 0 Å². The standard InChI is InChI=1S/C14H24N2O2S/c1-3-12-13(10-11-8-6-5-7-9-11)16-14(15-12)19(17)18-4-2/h11H,3-10H2,1-2H3,(H,15,16). The van der Waals surface area contributed by atoms with Crippen molar-refractivity contribution in [3.8, 4) is 0 Å². The van der Waals surface area contributed by atoms with Gasteiger partial charge in [-0.15, -0.1) is 0 Å². The summed E-state index contributed by atoms with van der Waals surface area (Å²) in [4.78, 5) is 7.66. The maximum absolute atomic E-state index is 11.8. The Bertz CT molecular complexity index is 425. The van der Waals surface area contributed by atoms with Gasteiger partial charge in [0.25, 0.3) is 0 Å². The van der Waals surface area contributed by atoms with Crippen LogP contribution in [0.1, 0.15) is 57.3 Å². The fourth-order valence-electron chi connectivity index (χ4n) is 2.80. The van der Waals surface area contributed by atoms with E-state index in [-0.39, 0.29) is 0 Å². The molecule has 1 unspecified atom stereocenters. The highest BCUT2D eigenvalue weighted by Gasteiger charge is 2.19. The number of rotatable bonds is 6. The molecule has 1 heterocycles. The van der Waals surface area contributed by atoms with Crippen LogP contribution in [-0.2, 0) is 28.1 Å². The molecule has 0 saturated heterocycles. The van der Waals surface area contributed by atoms with Gasteiger partial charge in [0.15, 0.2) is 0 Å². The average molecular weight is 284 g/mol. The number of aromatic nitrogens is 2. The number of imidazole rings is 1. The summed E-state index contributed by atoms with van der Waals surface area (Å²) in [6, 6.07) is 0. The maximum Gasteiger partial charge on any atom is 0.226 e. The van der Waals surface area contributed by atoms with Crippen molar-refractivity contribution in [1.29, 1.82) is 0 Å². The second-order valence-corrected chi connectivity index (χ2v) is 6.26. The molecule has 108 valence electrons. The normalized spacial score (nSPS) is 18.6. The largest absolute Gasteiger partial charge is 0.333 e. The third-order valence-electron chi connectivity index (χ3n) is 3.78. The van der Waals surface area contributed by atoms with E-state index in [1.54, 1.807) is 0 Å². The van der Waals surface area contributed by atoms with Crippen molar-refractivity contribution in [2.24, 2.45) is 5.92 Å². The highest BCUT2D eigenvalue weighted by Crippen LogP contribution is 2.27. The van der Waals surface area contributed by atoms with Crippen LogP contribution < -0.4 is 0 Å². The van der Waals surface area contributed by atoms with E-state index in [9.17, 15) is 4.21 Å². The molecule has 4 nitrogen and oxygen atoms in total. The summed E-state index contributed by atoms with van der Waals surface area (Å²) < 4.78 is 16.9. The number of hydrogen-bond donors (Lipinski definition) is 1. The number of aryl methyl sites for hydroxylation is 1. The zero-order valence-electron chi connectivity index (χ0n) is 11.9. The number of nitrogens with zero attached hydrogens (tertiary/aromatic N) is 1. The average Bonchev–Trinajstić information content (AvgIpc) is 2.83. The lowest BCUT2D eigenvalue weighted by Gasteiger charge is -2.21. The first-order valence-corrected chi connectivity index (χ1v) is 8.44. The molecule has 1 saturated carbocycles. The number of hydrogen-bond acceptors (Lipinski definition) is 3. The Balaban J connectivity index is 2.07. The molecule has 1 aliphatic carbocycles. The van der Waals surface area contributed by atoms with Gasteiger partial charge in [0, 0.05) is 5.69 Å². The van der Waals surface area contributed by atoms with Crippen LogP contribution >= 0.6 is 0 Å². The fraction of sp³-hybridized carbons (Fsp3) is 0.786. The summed E-state index contributed by atoms with van der Waals surface area (Å²) in [5.41, 5.74) is 2.21. The first-order valence-electron chi connectivity index (χ1n) is 7.37. The summed E-state index contributed by atoms with van der Waals surface area (Å²) in [5.74, 6) is 0.757. The monoisotopic (exact) mass is 284 g/mol. The van der Waals surface area contributed by atoms with Crippen molar-refractivity contribution in [2.75, 3.05) is 6.61 Å². The van der Waals surface area contributed by atoms with Gasteiger partial charge in [-0.2, -0.15) is 0 Å². The summed E-state index contributed by atoms with van der Waals surface area (Å²) in [7, 11) is 0. The van der Waals surface area contributed by atoms with Gasteiger partial charge in [0.1, 0.15) is 0 Å². The predicted octanol–water partition coefficient (Wildman–Crippen LogP) is 3.15. The zero-order chi connectivity index (χ0) is 13.7. The molecule has 1 aromatic heterocycles. The highest BCUT2D eigenvalue weighted by molar-refractivity contribution is 7.80. The SMILES string of the molecule is CCOS(=O)c1nc(CC)c(CC2CCCCC2)[nH]1. The molecule has 2 rings (SSSR count). The Kier molecular flexibility index (Phi) is 5.58. The van der Waals surface area contributed by atoms with Crippen LogP contribution in [0.2, 0.25) is 0 Å². The lowest BCUT2D eigenvalue weighted by molar-refractivity contribution is 0.353. The summed E-state index contributed by atoms with van der Waals surface area (Å²) >= 11 is -1.45. The van der Waals surface area contributed by atoms with E-state index in [0.717, 1.165) is 30.1 Å². The van der Waals surface area contributed by atoms with E-state index < -0.39 is 11.1 Å². The third kappa shape index (κ3) is 3.89. The second kappa shape index (κ2) is 7.20. The smallest absolute Gasteiger partial charge is 0.226 e. The lowest BCUT2D eigenvalue weighted by Crippen LogP contribution is -2.10. The maximum atomic E-state index is 11.8. The lowest BCUT2D eigenvalue weighted by atomic mass is 9.86.